The highest BCUT2D eigenvalue weighted by atomic mass is 32.1. The summed E-state index contributed by atoms with van der Waals surface area (Å²) in [5.41, 5.74) is 2.07. The van der Waals surface area contributed by atoms with Gasteiger partial charge in [0.25, 0.3) is 0 Å². The number of halogens is 1. The van der Waals surface area contributed by atoms with Crippen molar-refractivity contribution < 1.29 is 4.39 Å². The van der Waals surface area contributed by atoms with Crippen LogP contribution in [-0.2, 0) is 13.0 Å². The molecule has 0 radical (unpaired) electrons. The molecule has 1 heterocycles. The molecule has 128 valence electrons. The molecule has 1 aromatic heterocycles. The van der Waals surface area contributed by atoms with Crippen molar-refractivity contribution in [3.63, 3.8) is 0 Å². The van der Waals surface area contributed by atoms with Crippen LogP contribution in [0.1, 0.15) is 10.4 Å². The first-order valence-electron chi connectivity index (χ1n) is 8.08. The van der Waals surface area contributed by atoms with Gasteiger partial charge in [0.05, 0.1) is 6.54 Å². The number of thiophene rings is 1. The molecule has 1 N–H and O–H groups in total. The van der Waals surface area contributed by atoms with Gasteiger partial charge in [-0.1, -0.05) is 36.4 Å². The quantitative estimate of drug-likeness (QED) is 0.591. The summed E-state index contributed by atoms with van der Waals surface area (Å²) >= 11 is 7.32. The summed E-state index contributed by atoms with van der Waals surface area (Å²) in [7, 11) is 0. The first kappa shape index (κ1) is 17.6. The molecule has 2 nitrogen and oxygen atoms in total. The second kappa shape index (κ2) is 8.74. The highest BCUT2D eigenvalue weighted by Gasteiger charge is 2.12. The molecule has 0 atom stereocenters. The number of hydrogen-bond donors (Lipinski definition) is 1. The van der Waals surface area contributed by atoms with E-state index < -0.39 is 0 Å². The molecule has 0 fully saturated rings. The summed E-state index contributed by atoms with van der Waals surface area (Å²) in [6.45, 7) is 1.58. The van der Waals surface area contributed by atoms with E-state index >= 15 is 0 Å². The Hall–Kier alpha value is -2.24. The van der Waals surface area contributed by atoms with Crippen molar-refractivity contribution in [2.24, 2.45) is 0 Å². The second-order valence-corrected chi connectivity index (χ2v) is 7.09. The van der Waals surface area contributed by atoms with Crippen molar-refractivity contribution in [3.8, 4) is 0 Å². The zero-order valence-corrected chi connectivity index (χ0v) is 15.3. The molecule has 5 heteroatoms. The van der Waals surface area contributed by atoms with E-state index in [0.29, 0.717) is 5.11 Å². The van der Waals surface area contributed by atoms with Gasteiger partial charge in [0.1, 0.15) is 5.82 Å². The number of hydrogen-bond acceptors (Lipinski definition) is 2. The second-order valence-electron chi connectivity index (χ2n) is 5.67. The lowest BCUT2D eigenvalue weighted by molar-refractivity contribution is 0.427. The molecule has 0 aliphatic carbocycles. The van der Waals surface area contributed by atoms with E-state index in [1.807, 2.05) is 24.3 Å². The molecule has 0 amide bonds. The Morgan fingerprint density at radius 3 is 2.44 bits per heavy atom. The monoisotopic (exact) mass is 370 g/mol. The Bertz CT molecular complexity index is 786. The summed E-state index contributed by atoms with van der Waals surface area (Å²) < 4.78 is 13.1. The lowest BCUT2D eigenvalue weighted by Crippen LogP contribution is -2.35. The highest BCUT2D eigenvalue weighted by Crippen LogP contribution is 2.15. The predicted molar refractivity (Wildman–Crippen MR) is 107 cm³/mol. The van der Waals surface area contributed by atoms with Gasteiger partial charge in [-0.25, -0.2) is 4.39 Å². The fourth-order valence-electron chi connectivity index (χ4n) is 2.49. The third kappa shape index (κ3) is 5.37. The lowest BCUT2D eigenvalue weighted by Gasteiger charge is -2.25. The fraction of sp³-hybridized carbons (Fsp3) is 0.150. The van der Waals surface area contributed by atoms with Crippen LogP contribution in [0.2, 0.25) is 0 Å². The van der Waals surface area contributed by atoms with Crippen molar-refractivity contribution in [2.75, 3.05) is 11.9 Å². The minimum atomic E-state index is -0.254. The Labute approximate surface area is 156 Å². The standard InChI is InChI=1S/C20H19FN2S2/c21-17-8-10-18(11-9-17)22-20(24)23(15-19-7-4-14-25-19)13-12-16-5-2-1-3-6-16/h1-11,14H,12-13,15H2,(H,22,24). The van der Waals surface area contributed by atoms with E-state index in [4.69, 9.17) is 12.2 Å². The minimum Gasteiger partial charge on any atom is -0.344 e. The highest BCUT2D eigenvalue weighted by molar-refractivity contribution is 7.80. The van der Waals surface area contributed by atoms with E-state index in [9.17, 15) is 4.39 Å². The molecule has 0 unspecified atom stereocenters. The largest absolute Gasteiger partial charge is 0.344 e. The summed E-state index contributed by atoms with van der Waals surface area (Å²) in [4.78, 5) is 3.41. The van der Waals surface area contributed by atoms with Gasteiger partial charge in [-0.3, -0.25) is 0 Å². The Morgan fingerprint density at radius 2 is 1.76 bits per heavy atom. The van der Waals surface area contributed by atoms with Crippen molar-refractivity contribution in [1.29, 1.82) is 0 Å². The maximum atomic E-state index is 13.1. The Balaban J connectivity index is 1.68. The van der Waals surface area contributed by atoms with Crippen LogP contribution in [0.3, 0.4) is 0 Å². The molecule has 0 aliphatic heterocycles. The molecule has 0 saturated heterocycles. The van der Waals surface area contributed by atoms with Crippen LogP contribution in [0.4, 0.5) is 10.1 Å². The number of rotatable bonds is 6. The van der Waals surface area contributed by atoms with Crippen LogP contribution in [-0.4, -0.2) is 16.6 Å². The van der Waals surface area contributed by atoms with Gasteiger partial charge in [0, 0.05) is 17.1 Å². The van der Waals surface area contributed by atoms with Crippen molar-refractivity contribution >= 4 is 34.4 Å². The topological polar surface area (TPSA) is 15.3 Å². The number of nitrogens with zero attached hydrogens (tertiary/aromatic N) is 1. The van der Waals surface area contributed by atoms with Crippen molar-refractivity contribution in [3.05, 3.63) is 88.4 Å². The maximum absolute atomic E-state index is 13.1. The third-order valence-electron chi connectivity index (χ3n) is 3.82. The summed E-state index contributed by atoms with van der Waals surface area (Å²) in [6.07, 6.45) is 0.914. The van der Waals surface area contributed by atoms with Gasteiger partial charge in [-0.05, 0) is 59.9 Å². The number of thiocarbonyl (C=S) groups is 1. The Kier molecular flexibility index (Phi) is 6.14. The van der Waals surface area contributed by atoms with Crippen LogP contribution >= 0.6 is 23.6 Å². The first-order valence-corrected chi connectivity index (χ1v) is 9.37. The molecule has 3 rings (SSSR count). The lowest BCUT2D eigenvalue weighted by atomic mass is 10.1. The molecule has 2 aromatic carbocycles. The van der Waals surface area contributed by atoms with Gasteiger partial charge < -0.3 is 10.2 Å². The zero-order chi connectivity index (χ0) is 17.5. The van der Waals surface area contributed by atoms with Gasteiger partial charge in [-0.2, -0.15) is 0 Å². The van der Waals surface area contributed by atoms with E-state index in [-0.39, 0.29) is 5.82 Å². The molecular weight excluding hydrogens is 351 g/mol. The number of benzene rings is 2. The van der Waals surface area contributed by atoms with Crippen LogP contribution in [0.15, 0.2) is 72.1 Å². The average molecular weight is 371 g/mol. The molecule has 25 heavy (non-hydrogen) atoms. The maximum Gasteiger partial charge on any atom is 0.173 e. The molecule has 3 aromatic rings. The first-order chi connectivity index (χ1) is 12.2. The van der Waals surface area contributed by atoms with Gasteiger partial charge in [0.2, 0.25) is 0 Å². The summed E-state index contributed by atoms with van der Waals surface area (Å²) in [6, 6.07) is 20.8. The predicted octanol–water partition coefficient (Wildman–Crippen LogP) is 5.33. The molecule has 0 aliphatic rings. The van der Waals surface area contributed by atoms with Crippen LogP contribution in [0.5, 0.6) is 0 Å². The van der Waals surface area contributed by atoms with Gasteiger partial charge in [0.15, 0.2) is 5.11 Å². The summed E-state index contributed by atoms with van der Waals surface area (Å²) in [5, 5.41) is 5.93. The number of nitrogens with one attached hydrogen (secondary N) is 1. The molecule has 0 bridgehead atoms. The molecular formula is C20H19FN2S2. The van der Waals surface area contributed by atoms with E-state index in [1.165, 1.54) is 22.6 Å². The van der Waals surface area contributed by atoms with Gasteiger partial charge in [-0.15, -0.1) is 11.3 Å². The van der Waals surface area contributed by atoms with E-state index in [2.05, 4.69) is 33.8 Å². The van der Waals surface area contributed by atoms with E-state index in [0.717, 1.165) is 25.2 Å². The van der Waals surface area contributed by atoms with E-state index in [1.54, 1.807) is 23.5 Å². The Morgan fingerprint density at radius 1 is 1.00 bits per heavy atom. The zero-order valence-electron chi connectivity index (χ0n) is 13.7. The third-order valence-corrected chi connectivity index (χ3v) is 5.04. The fourth-order valence-corrected chi connectivity index (χ4v) is 3.48. The normalized spacial score (nSPS) is 10.4. The smallest absolute Gasteiger partial charge is 0.173 e. The molecule has 0 spiro atoms. The molecule has 0 saturated carbocycles. The number of anilines is 1. The minimum absolute atomic E-state index is 0.254. The van der Waals surface area contributed by atoms with Crippen LogP contribution in [0, 0.1) is 5.82 Å². The van der Waals surface area contributed by atoms with Crippen LogP contribution < -0.4 is 5.32 Å². The average Bonchev–Trinajstić information content (AvgIpc) is 3.14. The van der Waals surface area contributed by atoms with Crippen molar-refractivity contribution in [2.45, 2.75) is 13.0 Å². The van der Waals surface area contributed by atoms with Crippen LogP contribution in [0.25, 0.3) is 0 Å². The van der Waals surface area contributed by atoms with Gasteiger partial charge >= 0.3 is 0 Å². The summed E-state index contributed by atoms with van der Waals surface area (Å²) in [5.74, 6) is -0.254. The SMILES string of the molecule is Fc1ccc(NC(=S)N(CCc2ccccc2)Cc2cccs2)cc1. The van der Waals surface area contributed by atoms with Crippen molar-refractivity contribution in [1.82, 2.24) is 4.90 Å².